The molecule has 0 bridgehead atoms. The molecule has 1 N–H and O–H groups in total. The number of amides is 2. The van der Waals surface area contributed by atoms with E-state index in [1.165, 1.54) is 9.21 Å². The molecular weight excluding hydrogens is 565 g/mol. The zero-order valence-corrected chi connectivity index (χ0v) is 25.1. The van der Waals surface area contributed by atoms with Crippen molar-refractivity contribution in [2.24, 2.45) is 0 Å². The van der Waals surface area contributed by atoms with Crippen LogP contribution in [0.4, 0.5) is 5.69 Å². The Morgan fingerprint density at radius 3 is 2.31 bits per heavy atom. The normalized spacial score (nSPS) is 13.6. The monoisotopic (exact) mass is 599 g/mol. The predicted molar refractivity (Wildman–Crippen MR) is 153 cm³/mol. The first-order chi connectivity index (χ1) is 18.2. The van der Waals surface area contributed by atoms with Gasteiger partial charge >= 0.3 is 0 Å². The van der Waals surface area contributed by atoms with Crippen LogP contribution in [0.3, 0.4) is 0 Å². The molecule has 0 aromatic heterocycles. The maximum absolute atomic E-state index is 13.6. The van der Waals surface area contributed by atoms with Crippen molar-refractivity contribution >= 4 is 50.7 Å². The van der Waals surface area contributed by atoms with Crippen LogP contribution in [0.1, 0.15) is 52.5 Å². The minimum absolute atomic E-state index is 0.00204. The number of anilines is 1. The second-order valence-electron chi connectivity index (χ2n) is 10.4. The molecule has 1 atom stereocenters. The van der Waals surface area contributed by atoms with Crippen molar-refractivity contribution < 1.29 is 27.5 Å². The molecule has 214 valence electrons. The molecule has 0 saturated carbocycles. The van der Waals surface area contributed by atoms with Gasteiger partial charge in [0, 0.05) is 46.7 Å². The second-order valence-corrected chi connectivity index (χ2v) is 13.1. The van der Waals surface area contributed by atoms with Crippen LogP contribution in [0.25, 0.3) is 0 Å². The molecule has 39 heavy (non-hydrogen) atoms. The smallest absolute Gasteiger partial charge is 0.243 e. The lowest BCUT2D eigenvalue weighted by atomic mass is 10.0. The molecule has 0 radical (unpaired) electrons. The molecule has 0 spiro atoms. The quantitative estimate of drug-likeness (QED) is 0.390. The Bertz CT molecular complexity index is 1290. The zero-order chi connectivity index (χ0) is 29.0. The van der Waals surface area contributed by atoms with Gasteiger partial charge in [0.15, 0.2) is 11.5 Å². The average Bonchev–Trinajstić information content (AvgIpc) is 3.29. The molecule has 2 aromatic carbocycles. The average molecular weight is 601 g/mol. The van der Waals surface area contributed by atoms with Crippen molar-refractivity contribution in [2.45, 2.75) is 65.1 Å². The number of rotatable bonds is 11. The van der Waals surface area contributed by atoms with Gasteiger partial charge in [-0.05, 0) is 57.9 Å². The van der Waals surface area contributed by atoms with E-state index in [1.807, 2.05) is 27.7 Å². The second kappa shape index (κ2) is 12.7. The molecule has 0 aliphatic carbocycles. The third kappa shape index (κ3) is 8.16. The van der Waals surface area contributed by atoms with E-state index >= 15 is 0 Å². The highest BCUT2D eigenvalue weighted by Gasteiger charge is 2.31. The van der Waals surface area contributed by atoms with Gasteiger partial charge in [0.05, 0.1) is 11.9 Å². The van der Waals surface area contributed by atoms with Crippen LogP contribution in [0.15, 0.2) is 36.4 Å². The third-order valence-corrected chi connectivity index (χ3v) is 7.97. The van der Waals surface area contributed by atoms with Crippen molar-refractivity contribution in [3.05, 3.63) is 52.0 Å². The van der Waals surface area contributed by atoms with E-state index in [0.29, 0.717) is 39.2 Å². The van der Waals surface area contributed by atoms with Gasteiger partial charge in [-0.15, -0.1) is 0 Å². The number of sulfonamides is 1. The van der Waals surface area contributed by atoms with Crippen molar-refractivity contribution in [2.75, 3.05) is 23.9 Å². The Labute approximate surface area is 240 Å². The van der Waals surface area contributed by atoms with Gasteiger partial charge in [-0.2, -0.15) is 0 Å². The van der Waals surface area contributed by atoms with Gasteiger partial charge in [0.1, 0.15) is 6.04 Å². The summed E-state index contributed by atoms with van der Waals surface area (Å²) in [5.74, 6) is 0.381. The van der Waals surface area contributed by atoms with Crippen LogP contribution in [0.5, 0.6) is 11.5 Å². The van der Waals surface area contributed by atoms with E-state index in [4.69, 9.17) is 32.7 Å². The van der Waals surface area contributed by atoms with Crippen LogP contribution < -0.4 is 19.1 Å². The van der Waals surface area contributed by atoms with Crippen molar-refractivity contribution in [1.82, 2.24) is 10.2 Å². The molecule has 0 fully saturated rings. The van der Waals surface area contributed by atoms with Crippen LogP contribution in [-0.2, 0) is 26.2 Å². The standard InChI is InChI=1S/C27H35Cl2N3O6S/c1-6-22(26(34)30-27(2,3)4)31(16-19-20(28)9-7-10-21(19)29)25(33)11-8-14-32(39(5,35)36)18-12-13-23-24(15-18)38-17-37-23/h7,9-10,12-13,15,22H,6,8,11,14,16-17H2,1-5H3,(H,30,34)/t22-/m0/s1. The first-order valence-electron chi connectivity index (χ1n) is 12.6. The molecular formula is C27H35Cl2N3O6S. The molecule has 0 unspecified atom stereocenters. The van der Waals surface area contributed by atoms with E-state index in [-0.39, 0.29) is 44.5 Å². The summed E-state index contributed by atoms with van der Waals surface area (Å²) in [5.41, 5.74) is 0.446. The van der Waals surface area contributed by atoms with E-state index in [2.05, 4.69) is 5.32 Å². The van der Waals surface area contributed by atoms with E-state index in [9.17, 15) is 18.0 Å². The van der Waals surface area contributed by atoms with Crippen molar-refractivity contribution in [1.29, 1.82) is 0 Å². The maximum Gasteiger partial charge on any atom is 0.243 e. The molecule has 2 aromatic rings. The molecule has 1 aliphatic heterocycles. The summed E-state index contributed by atoms with van der Waals surface area (Å²) in [7, 11) is -3.66. The van der Waals surface area contributed by atoms with Gasteiger partial charge in [-0.3, -0.25) is 13.9 Å². The number of nitrogens with zero attached hydrogens (tertiary/aromatic N) is 2. The van der Waals surface area contributed by atoms with Crippen LogP contribution in [0, 0.1) is 0 Å². The van der Waals surface area contributed by atoms with E-state index in [0.717, 1.165) is 6.26 Å². The molecule has 0 saturated heterocycles. The molecule has 1 heterocycles. The number of benzene rings is 2. The lowest BCUT2D eigenvalue weighted by molar-refractivity contribution is -0.142. The number of halogens is 2. The highest BCUT2D eigenvalue weighted by molar-refractivity contribution is 7.92. The Morgan fingerprint density at radius 1 is 1.08 bits per heavy atom. The number of hydrogen-bond acceptors (Lipinski definition) is 6. The Hall–Kier alpha value is -2.69. The lowest BCUT2D eigenvalue weighted by Crippen LogP contribution is -2.53. The molecule has 3 rings (SSSR count). The Balaban J connectivity index is 1.82. The van der Waals surface area contributed by atoms with Gasteiger partial charge in [-0.1, -0.05) is 36.2 Å². The predicted octanol–water partition coefficient (Wildman–Crippen LogP) is 4.99. The Kier molecular flexibility index (Phi) is 10.0. The summed E-state index contributed by atoms with van der Waals surface area (Å²) < 4.78 is 37.1. The van der Waals surface area contributed by atoms with Crippen LogP contribution in [0.2, 0.25) is 10.0 Å². The fraction of sp³-hybridized carbons (Fsp3) is 0.481. The van der Waals surface area contributed by atoms with Gasteiger partial charge in [0.2, 0.25) is 28.6 Å². The van der Waals surface area contributed by atoms with Gasteiger partial charge in [-0.25, -0.2) is 8.42 Å². The highest BCUT2D eigenvalue weighted by atomic mass is 35.5. The number of carbonyl (C=O) groups excluding carboxylic acids is 2. The summed E-state index contributed by atoms with van der Waals surface area (Å²) in [6, 6.07) is 9.17. The lowest BCUT2D eigenvalue weighted by Gasteiger charge is -2.33. The number of ether oxygens (including phenoxy) is 2. The van der Waals surface area contributed by atoms with E-state index < -0.39 is 21.6 Å². The number of fused-ring (bicyclic) bond motifs is 1. The van der Waals surface area contributed by atoms with Crippen molar-refractivity contribution in [3.8, 4) is 11.5 Å². The van der Waals surface area contributed by atoms with E-state index in [1.54, 1.807) is 36.4 Å². The largest absolute Gasteiger partial charge is 0.454 e. The summed E-state index contributed by atoms with van der Waals surface area (Å²) >= 11 is 12.8. The number of carbonyl (C=O) groups is 2. The zero-order valence-electron chi connectivity index (χ0n) is 22.8. The fourth-order valence-electron chi connectivity index (χ4n) is 4.27. The number of hydrogen-bond donors (Lipinski definition) is 1. The van der Waals surface area contributed by atoms with Crippen LogP contribution in [-0.4, -0.2) is 56.3 Å². The summed E-state index contributed by atoms with van der Waals surface area (Å²) in [6.07, 6.45) is 1.68. The highest BCUT2D eigenvalue weighted by Crippen LogP contribution is 2.36. The molecule has 2 amide bonds. The number of nitrogens with one attached hydrogen (secondary N) is 1. The molecule has 1 aliphatic rings. The maximum atomic E-state index is 13.6. The molecule has 9 nitrogen and oxygen atoms in total. The minimum Gasteiger partial charge on any atom is -0.454 e. The summed E-state index contributed by atoms with van der Waals surface area (Å²) in [6.45, 7) is 7.58. The SMILES string of the molecule is CC[C@@H](C(=O)NC(C)(C)C)N(Cc1c(Cl)cccc1Cl)C(=O)CCCN(c1ccc2c(c1)OCO2)S(C)(=O)=O. The fourth-order valence-corrected chi connectivity index (χ4v) is 5.74. The van der Waals surface area contributed by atoms with Gasteiger partial charge in [0.25, 0.3) is 0 Å². The minimum atomic E-state index is -3.66. The van der Waals surface area contributed by atoms with Crippen LogP contribution >= 0.6 is 23.2 Å². The third-order valence-electron chi connectivity index (χ3n) is 6.07. The van der Waals surface area contributed by atoms with Crippen molar-refractivity contribution in [3.63, 3.8) is 0 Å². The van der Waals surface area contributed by atoms with Gasteiger partial charge < -0.3 is 19.7 Å². The topological polar surface area (TPSA) is 105 Å². The molecule has 12 heteroatoms. The summed E-state index contributed by atoms with van der Waals surface area (Å²) in [4.78, 5) is 28.3. The Morgan fingerprint density at radius 2 is 1.72 bits per heavy atom. The first-order valence-corrected chi connectivity index (χ1v) is 15.2. The first kappa shape index (κ1) is 30.8. The summed E-state index contributed by atoms with van der Waals surface area (Å²) in [5, 5.41) is 3.72.